The highest BCUT2D eigenvalue weighted by atomic mass is 35.5. The highest BCUT2D eigenvalue weighted by molar-refractivity contribution is 6.30. The first-order valence-corrected chi connectivity index (χ1v) is 8.03. The van der Waals surface area contributed by atoms with Crippen molar-refractivity contribution in [3.63, 3.8) is 0 Å². The van der Waals surface area contributed by atoms with E-state index >= 15 is 0 Å². The fourth-order valence-electron chi connectivity index (χ4n) is 3.38. The summed E-state index contributed by atoms with van der Waals surface area (Å²) in [6.45, 7) is 5.53. The number of hydrogen-bond donors (Lipinski definition) is 2. The van der Waals surface area contributed by atoms with Crippen molar-refractivity contribution < 1.29 is 4.79 Å². The van der Waals surface area contributed by atoms with Gasteiger partial charge in [-0.15, -0.1) is 0 Å². The Labute approximate surface area is 130 Å². The molecule has 114 valence electrons. The molecule has 1 amide bonds. The Morgan fingerprint density at radius 1 is 1.33 bits per heavy atom. The van der Waals surface area contributed by atoms with Crippen LogP contribution in [-0.4, -0.2) is 50.1 Å². The normalized spacial score (nSPS) is 25.0. The lowest BCUT2D eigenvalue weighted by molar-refractivity contribution is -0.122. The molecule has 1 aromatic rings. The van der Waals surface area contributed by atoms with Crippen molar-refractivity contribution in [3.05, 3.63) is 34.9 Å². The quantitative estimate of drug-likeness (QED) is 0.858. The number of hydrogen-bond acceptors (Lipinski definition) is 3. The Hall–Kier alpha value is -1.10. The van der Waals surface area contributed by atoms with Gasteiger partial charge in [-0.1, -0.05) is 23.7 Å². The van der Waals surface area contributed by atoms with E-state index in [4.69, 9.17) is 11.6 Å². The summed E-state index contributed by atoms with van der Waals surface area (Å²) in [6, 6.07) is 7.79. The minimum Gasteiger partial charge on any atom is -0.355 e. The number of carbonyl (C=O) groups is 1. The zero-order chi connectivity index (χ0) is 14.7. The van der Waals surface area contributed by atoms with Gasteiger partial charge in [0.1, 0.15) is 0 Å². The lowest BCUT2D eigenvalue weighted by atomic mass is 10.0. The van der Waals surface area contributed by atoms with Gasteiger partial charge >= 0.3 is 0 Å². The van der Waals surface area contributed by atoms with Crippen LogP contribution < -0.4 is 10.6 Å². The number of nitrogens with one attached hydrogen (secondary N) is 2. The fraction of sp³-hybridized carbons (Fsp3) is 0.562. The molecule has 0 aliphatic carbocycles. The van der Waals surface area contributed by atoms with Crippen LogP contribution in [0.5, 0.6) is 0 Å². The lowest BCUT2D eigenvalue weighted by Crippen LogP contribution is -2.38. The minimum absolute atomic E-state index is 0.130. The molecule has 0 saturated carbocycles. The Kier molecular flexibility index (Phi) is 4.78. The van der Waals surface area contributed by atoms with Crippen LogP contribution in [0.4, 0.5) is 0 Å². The van der Waals surface area contributed by atoms with Crippen molar-refractivity contribution in [1.82, 2.24) is 15.5 Å². The number of nitrogens with zero attached hydrogens (tertiary/aromatic N) is 1. The maximum Gasteiger partial charge on any atom is 0.234 e. The molecule has 2 N–H and O–H groups in total. The molecule has 21 heavy (non-hydrogen) atoms. The van der Waals surface area contributed by atoms with Crippen molar-refractivity contribution in [2.24, 2.45) is 11.8 Å². The molecule has 4 nitrogen and oxygen atoms in total. The first-order valence-electron chi connectivity index (χ1n) is 7.65. The summed E-state index contributed by atoms with van der Waals surface area (Å²) >= 11 is 5.95. The molecule has 2 aliphatic heterocycles. The zero-order valence-electron chi connectivity index (χ0n) is 12.1. The predicted octanol–water partition coefficient (Wildman–Crippen LogP) is 1.15. The average molecular weight is 308 g/mol. The predicted molar refractivity (Wildman–Crippen MR) is 84.5 cm³/mol. The molecule has 1 aromatic carbocycles. The first-order chi connectivity index (χ1) is 10.2. The van der Waals surface area contributed by atoms with Crippen LogP contribution in [0.2, 0.25) is 5.02 Å². The molecule has 5 heteroatoms. The third kappa shape index (κ3) is 3.96. The van der Waals surface area contributed by atoms with Gasteiger partial charge in [0.2, 0.25) is 5.91 Å². The maximum absolute atomic E-state index is 12.0. The van der Waals surface area contributed by atoms with Crippen LogP contribution in [-0.2, 0) is 11.2 Å². The molecular formula is C16H22ClN3O. The molecule has 2 unspecified atom stereocenters. The van der Waals surface area contributed by atoms with Crippen LogP contribution in [0.25, 0.3) is 0 Å². The molecule has 0 aromatic heterocycles. The van der Waals surface area contributed by atoms with E-state index in [9.17, 15) is 4.79 Å². The monoisotopic (exact) mass is 307 g/mol. The Morgan fingerprint density at radius 3 is 2.81 bits per heavy atom. The molecule has 2 heterocycles. The molecule has 2 saturated heterocycles. The van der Waals surface area contributed by atoms with Crippen LogP contribution in [0.1, 0.15) is 5.56 Å². The zero-order valence-corrected chi connectivity index (χ0v) is 12.9. The van der Waals surface area contributed by atoms with E-state index in [-0.39, 0.29) is 5.91 Å². The fourth-order valence-corrected chi connectivity index (χ4v) is 3.59. The summed E-state index contributed by atoms with van der Waals surface area (Å²) in [7, 11) is 0. The molecule has 0 bridgehead atoms. The summed E-state index contributed by atoms with van der Waals surface area (Å²) in [6.07, 6.45) is 0.821. The van der Waals surface area contributed by atoms with E-state index in [0.717, 1.165) is 55.0 Å². The standard InChI is InChI=1S/C16H22ClN3O/c17-15-3-1-2-12(6-15)4-5-19-16(21)11-20-9-13-7-18-8-14(13)10-20/h1-3,6,13-14,18H,4-5,7-11H2,(H,19,21). The van der Waals surface area contributed by atoms with E-state index in [1.54, 1.807) is 0 Å². The Morgan fingerprint density at radius 2 is 2.10 bits per heavy atom. The van der Waals surface area contributed by atoms with Gasteiger partial charge in [0.25, 0.3) is 0 Å². The van der Waals surface area contributed by atoms with Crippen molar-refractivity contribution in [3.8, 4) is 0 Å². The Balaban J connectivity index is 1.37. The van der Waals surface area contributed by atoms with Crippen LogP contribution in [0.15, 0.2) is 24.3 Å². The number of halogens is 1. The highest BCUT2D eigenvalue weighted by Crippen LogP contribution is 2.25. The van der Waals surface area contributed by atoms with E-state index in [0.29, 0.717) is 13.1 Å². The number of rotatable bonds is 5. The summed E-state index contributed by atoms with van der Waals surface area (Å²) in [5.74, 6) is 1.61. The van der Waals surface area contributed by atoms with Crippen molar-refractivity contribution in [1.29, 1.82) is 0 Å². The molecule has 2 fully saturated rings. The largest absolute Gasteiger partial charge is 0.355 e. The lowest BCUT2D eigenvalue weighted by Gasteiger charge is -2.16. The third-order valence-electron chi connectivity index (χ3n) is 4.46. The number of benzene rings is 1. The van der Waals surface area contributed by atoms with Gasteiger partial charge in [-0.3, -0.25) is 9.69 Å². The van der Waals surface area contributed by atoms with E-state index < -0.39 is 0 Å². The van der Waals surface area contributed by atoms with Crippen molar-refractivity contribution in [2.75, 3.05) is 39.3 Å². The van der Waals surface area contributed by atoms with Gasteiger partial charge in [0, 0.05) is 24.7 Å². The summed E-state index contributed by atoms with van der Waals surface area (Å²) in [4.78, 5) is 14.3. The highest BCUT2D eigenvalue weighted by Gasteiger charge is 2.36. The molecule has 2 atom stereocenters. The van der Waals surface area contributed by atoms with Gasteiger partial charge in [0.15, 0.2) is 0 Å². The van der Waals surface area contributed by atoms with Gasteiger partial charge in [-0.25, -0.2) is 0 Å². The first kappa shape index (κ1) is 14.8. The maximum atomic E-state index is 12.0. The second-order valence-corrected chi connectivity index (χ2v) is 6.54. The summed E-state index contributed by atoms with van der Waals surface area (Å²) in [5.41, 5.74) is 1.16. The second-order valence-electron chi connectivity index (χ2n) is 6.10. The van der Waals surface area contributed by atoms with Crippen LogP contribution >= 0.6 is 11.6 Å². The van der Waals surface area contributed by atoms with Crippen molar-refractivity contribution >= 4 is 17.5 Å². The SMILES string of the molecule is O=C(CN1CC2CNCC2C1)NCCc1cccc(Cl)c1. The molecule has 3 rings (SSSR count). The smallest absolute Gasteiger partial charge is 0.234 e. The Bertz CT molecular complexity index is 496. The van der Waals surface area contributed by atoms with Crippen molar-refractivity contribution in [2.45, 2.75) is 6.42 Å². The van der Waals surface area contributed by atoms with Gasteiger partial charge in [-0.05, 0) is 49.0 Å². The van der Waals surface area contributed by atoms with Gasteiger partial charge in [0.05, 0.1) is 6.54 Å². The topological polar surface area (TPSA) is 44.4 Å². The summed E-state index contributed by atoms with van der Waals surface area (Å²) in [5, 5.41) is 7.17. The van der Waals surface area contributed by atoms with E-state index in [1.807, 2.05) is 24.3 Å². The van der Waals surface area contributed by atoms with E-state index in [1.165, 1.54) is 0 Å². The minimum atomic E-state index is 0.130. The number of carbonyl (C=O) groups excluding carboxylic acids is 1. The van der Waals surface area contributed by atoms with Crippen LogP contribution in [0.3, 0.4) is 0 Å². The summed E-state index contributed by atoms with van der Waals surface area (Å²) < 4.78 is 0. The number of likely N-dealkylation sites (tertiary alicyclic amines) is 1. The van der Waals surface area contributed by atoms with Gasteiger partial charge in [-0.2, -0.15) is 0 Å². The number of fused-ring (bicyclic) bond motifs is 1. The molecule has 2 aliphatic rings. The second kappa shape index (κ2) is 6.77. The van der Waals surface area contributed by atoms with Gasteiger partial charge < -0.3 is 10.6 Å². The average Bonchev–Trinajstić information content (AvgIpc) is 2.99. The molecular weight excluding hydrogens is 286 g/mol. The number of amides is 1. The van der Waals surface area contributed by atoms with E-state index in [2.05, 4.69) is 15.5 Å². The van der Waals surface area contributed by atoms with Crippen LogP contribution in [0, 0.1) is 11.8 Å². The molecule has 0 spiro atoms. The molecule has 0 radical (unpaired) electrons. The third-order valence-corrected chi connectivity index (χ3v) is 4.69.